The number of aryl methyl sites for hydroxylation is 1. The average molecular weight is 375 g/mol. The fourth-order valence-corrected chi connectivity index (χ4v) is 5.58. The molecule has 2 aliphatic carbocycles. The van der Waals surface area contributed by atoms with Gasteiger partial charge in [0.1, 0.15) is 0 Å². The van der Waals surface area contributed by atoms with Crippen molar-refractivity contribution < 1.29 is 8.78 Å². The molecule has 3 rings (SSSR count). The predicted molar refractivity (Wildman–Crippen MR) is 110 cm³/mol. The van der Waals surface area contributed by atoms with Gasteiger partial charge in [0, 0.05) is 12.3 Å². The monoisotopic (exact) mass is 374 g/mol. The van der Waals surface area contributed by atoms with Crippen LogP contribution in [0.3, 0.4) is 0 Å². The van der Waals surface area contributed by atoms with Gasteiger partial charge in [-0.05, 0) is 80.2 Å². The highest BCUT2D eigenvalue weighted by Crippen LogP contribution is 2.50. The molecule has 1 aromatic carbocycles. The van der Waals surface area contributed by atoms with Gasteiger partial charge in [0.15, 0.2) is 0 Å². The van der Waals surface area contributed by atoms with Gasteiger partial charge in [0.2, 0.25) is 0 Å². The van der Waals surface area contributed by atoms with E-state index in [1.54, 1.807) is 0 Å². The predicted octanol–water partition coefficient (Wildman–Crippen LogP) is 7.93. The Morgan fingerprint density at radius 1 is 1.04 bits per heavy atom. The van der Waals surface area contributed by atoms with E-state index in [1.807, 2.05) is 6.08 Å². The Labute approximate surface area is 164 Å². The van der Waals surface area contributed by atoms with Crippen molar-refractivity contribution >= 4 is 0 Å². The third-order valence-electron chi connectivity index (χ3n) is 7.12. The fourth-order valence-electron chi connectivity index (χ4n) is 5.58. The molecule has 2 aliphatic rings. The summed E-state index contributed by atoms with van der Waals surface area (Å²) in [5, 5.41) is 0. The zero-order valence-corrected chi connectivity index (χ0v) is 16.9. The van der Waals surface area contributed by atoms with E-state index in [0.717, 1.165) is 64.2 Å². The van der Waals surface area contributed by atoms with E-state index in [2.05, 4.69) is 37.8 Å². The highest BCUT2D eigenvalue weighted by atomic mass is 19.3. The van der Waals surface area contributed by atoms with Crippen LogP contribution in [0.5, 0.6) is 0 Å². The first-order valence-electron chi connectivity index (χ1n) is 11.1. The molecule has 0 aliphatic heterocycles. The van der Waals surface area contributed by atoms with E-state index in [1.165, 1.54) is 11.1 Å². The number of rotatable bonds is 7. The molecule has 2 fully saturated rings. The van der Waals surface area contributed by atoms with Crippen LogP contribution in [0.25, 0.3) is 0 Å². The summed E-state index contributed by atoms with van der Waals surface area (Å²) in [6, 6.07) is 8.98. The first kappa shape index (κ1) is 20.6. The van der Waals surface area contributed by atoms with Crippen LogP contribution in [-0.4, -0.2) is 5.92 Å². The van der Waals surface area contributed by atoms with Gasteiger partial charge < -0.3 is 0 Å². The molecule has 27 heavy (non-hydrogen) atoms. The second-order valence-corrected chi connectivity index (χ2v) is 8.98. The Morgan fingerprint density at radius 3 is 2.33 bits per heavy atom. The van der Waals surface area contributed by atoms with Crippen molar-refractivity contribution in [2.45, 2.75) is 89.4 Å². The lowest BCUT2D eigenvalue weighted by Gasteiger charge is -2.42. The maximum absolute atomic E-state index is 14.8. The molecule has 0 bridgehead atoms. The third-order valence-corrected chi connectivity index (χ3v) is 7.12. The van der Waals surface area contributed by atoms with E-state index in [-0.39, 0.29) is 24.2 Å². The number of alkyl halides is 2. The molecule has 0 heterocycles. The number of allylic oxidation sites excluding steroid dienone is 1. The smallest absolute Gasteiger partial charge is 0.207 e. The number of hydrogen-bond acceptors (Lipinski definition) is 0. The standard InChI is InChI=1S/C25H36F2/c1-3-5-7-19-8-11-21(12-9-19)22-13-15-23(16-14-22)24-17-10-20(6-4-2)18-25(24,26)27/h3,8-9,11-12,20,22-24H,1,4-7,10,13-18H2,2H3. The van der Waals surface area contributed by atoms with Crippen molar-refractivity contribution in [1.29, 1.82) is 0 Å². The molecule has 1 aromatic rings. The van der Waals surface area contributed by atoms with Gasteiger partial charge in [0.05, 0.1) is 0 Å². The average Bonchev–Trinajstić information content (AvgIpc) is 2.67. The molecule has 2 saturated carbocycles. The van der Waals surface area contributed by atoms with Crippen molar-refractivity contribution in [3.63, 3.8) is 0 Å². The van der Waals surface area contributed by atoms with Gasteiger partial charge in [-0.1, -0.05) is 50.1 Å². The minimum atomic E-state index is -2.44. The minimum Gasteiger partial charge on any atom is -0.207 e. The number of benzene rings is 1. The zero-order chi connectivity index (χ0) is 19.3. The summed E-state index contributed by atoms with van der Waals surface area (Å²) in [5.74, 6) is -1.78. The van der Waals surface area contributed by atoms with E-state index >= 15 is 0 Å². The molecule has 2 unspecified atom stereocenters. The van der Waals surface area contributed by atoms with E-state index in [0.29, 0.717) is 5.92 Å². The van der Waals surface area contributed by atoms with Crippen molar-refractivity contribution in [2.75, 3.05) is 0 Å². The Bertz CT molecular complexity index is 581. The minimum absolute atomic E-state index is 0.137. The van der Waals surface area contributed by atoms with Crippen LogP contribution in [0.1, 0.15) is 88.2 Å². The lowest BCUT2D eigenvalue weighted by molar-refractivity contribution is -0.127. The maximum atomic E-state index is 14.8. The molecule has 0 radical (unpaired) electrons. The molecule has 0 aromatic heterocycles. The summed E-state index contributed by atoms with van der Waals surface area (Å²) in [6.07, 6.45) is 12.0. The lowest BCUT2D eigenvalue weighted by atomic mass is 9.66. The summed E-state index contributed by atoms with van der Waals surface area (Å²) in [4.78, 5) is 0. The lowest BCUT2D eigenvalue weighted by Crippen LogP contribution is -2.41. The largest absolute Gasteiger partial charge is 0.251 e. The van der Waals surface area contributed by atoms with E-state index in [9.17, 15) is 8.78 Å². The van der Waals surface area contributed by atoms with Gasteiger partial charge in [-0.15, -0.1) is 6.58 Å². The molecule has 0 nitrogen and oxygen atoms in total. The quantitative estimate of drug-likeness (QED) is 0.425. The molecule has 0 N–H and O–H groups in total. The van der Waals surface area contributed by atoms with Crippen molar-refractivity contribution in [2.24, 2.45) is 17.8 Å². The van der Waals surface area contributed by atoms with Crippen molar-refractivity contribution in [3.05, 3.63) is 48.0 Å². The Hall–Kier alpha value is -1.18. The second-order valence-electron chi connectivity index (χ2n) is 8.98. The van der Waals surface area contributed by atoms with E-state index in [4.69, 9.17) is 0 Å². The molecule has 2 atom stereocenters. The van der Waals surface area contributed by atoms with Gasteiger partial charge in [-0.2, -0.15) is 0 Å². The van der Waals surface area contributed by atoms with Gasteiger partial charge in [0.25, 0.3) is 5.92 Å². The zero-order valence-electron chi connectivity index (χ0n) is 16.9. The summed E-state index contributed by atoms with van der Waals surface area (Å²) in [6.45, 7) is 5.89. The Kier molecular flexibility index (Phi) is 7.11. The van der Waals surface area contributed by atoms with Crippen LogP contribution in [-0.2, 0) is 6.42 Å². The molecule has 0 amide bonds. The topological polar surface area (TPSA) is 0 Å². The first-order valence-corrected chi connectivity index (χ1v) is 11.1. The summed E-state index contributed by atoms with van der Waals surface area (Å²) < 4.78 is 29.6. The van der Waals surface area contributed by atoms with Crippen LogP contribution in [0.4, 0.5) is 8.78 Å². The van der Waals surface area contributed by atoms with Gasteiger partial charge in [-0.25, -0.2) is 8.78 Å². The summed E-state index contributed by atoms with van der Waals surface area (Å²) >= 11 is 0. The van der Waals surface area contributed by atoms with Crippen molar-refractivity contribution in [1.82, 2.24) is 0 Å². The number of hydrogen-bond donors (Lipinski definition) is 0. The Morgan fingerprint density at radius 2 is 1.74 bits per heavy atom. The van der Waals surface area contributed by atoms with Crippen LogP contribution in [0, 0.1) is 17.8 Å². The molecular formula is C25H36F2. The summed E-state index contributed by atoms with van der Waals surface area (Å²) in [5.41, 5.74) is 2.75. The van der Waals surface area contributed by atoms with Gasteiger partial charge >= 0.3 is 0 Å². The highest BCUT2D eigenvalue weighted by Gasteiger charge is 2.48. The van der Waals surface area contributed by atoms with Crippen LogP contribution < -0.4 is 0 Å². The highest BCUT2D eigenvalue weighted by molar-refractivity contribution is 5.26. The van der Waals surface area contributed by atoms with Crippen LogP contribution >= 0.6 is 0 Å². The first-order chi connectivity index (χ1) is 13.0. The maximum Gasteiger partial charge on any atom is 0.251 e. The van der Waals surface area contributed by atoms with Gasteiger partial charge in [-0.3, -0.25) is 0 Å². The SMILES string of the molecule is C=CCCc1ccc(C2CCC(C3CCC(CCC)CC3(F)F)CC2)cc1. The number of halogens is 2. The molecule has 2 heteroatoms. The van der Waals surface area contributed by atoms with Crippen LogP contribution in [0.2, 0.25) is 0 Å². The fraction of sp³-hybridized carbons (Fsp3) is 0.680. The Balaban J connectivity index is 1.53. The molecular weight excluding hydrogens is 338 g/mol. The molecule has 150 valence electrons. The molecule has 0 saturated heterocycles. The summed E-state index contributed by atoms with van der Waals surface area (Å²) in [7, 11) is 0. The van der Waals surface area contributed by atoms with Crippen molar-refractivity contribution in [3.8, 4) is 0 Å². The van der Waals surface area contributed by atoms with E-state index < -0.39 is 5.92 Å². The second kappa shape index (κ2) is 9.34. The van der Waals surface area contributed by atoms with Crippen LogP contribution in [0.15, 0.2) is 36.9 Å². The molecule has 0 spiro atoms. The third kappa shape index (κ3) is 5.21. The normalized spacial score (nSPS) is 30.8.